The van der Waals surface area contributed by atoms with E-state index in [2.05, 4.69) is 4.98 Å². The van der Waals surface area contributed by atoms with Gasteiger partial charge in [0.15, 0.2) is 0 Å². The molecule has 0 atom stereocenters. The fourth-order valence-corrected chi connectivity index (χ4v) is 6.85. The minimum atomic E-state index is -3.61. The van der Waals surface area contributed by atoms with E-state index >= 15 is 0 Å². The number of ether oxygens (including phenoxy) is 1. The van der Waals surface area contributed by atoms with Gasteiger partial charge in [-0.05, 0) is 56.2 Å². The Bertz CT molecular complexity index is 1030. The largest absolute Gasteiger partial charge is 0.494 e. The first-order valence-electron chi connectivity index (χ1n) is 11.1. The number of aromatic nitrogens is 1. The van der Waals surface area contributed by atoms with Gasteiger partial charge in [0.05, 0.1) is 17.1 Å². The number of hydrogen-bond donors (Lipinski definition) is 0. The quantitative estimate of drug-likeness (QED) is 0.608. The summed E-state index contributed by atoms with van der Waals surface area (Å²) < 4.78 is 32.9. The molecule has 7 nitrogen and oxygen atoms in total. The van der Waals surface area contributed by atoms with Gasteiger partial charge < -0.3 is 9.64 Å². The molecule has 1 saturated heterocycles. The van der Waals surface area contributed by atoms with E-state index in [1.807, 2.05) is 13.0 Å². The summed E-state index contributed by atoms with van der Waals surface area (Å²) in [6, 6.07) is 10.1. The second-order valence-electron chi connectivity index (χ2n) is 7.98. The third-order valence-corrected chi connectivity index (χ3v) is 9.15. The minimum absolute atomic E-state index is 0.0725. The third kappa shape index (κ3) is 5.10. The number of benzene rings is 1. The van der Waals surface area contributed by atoms with Gasteiger partial charge in [-0.15, -0.1) is 11.8 Å². The fraction of sp³-hybridized carbons (Fsp3) is 0.478. The van der Waals surface area contributed by atoms with Crippen molar-refractivity contribution in [1.29, 1.82) is 0 Å². The zero-order chi connectivity index (χ0) is 22.6. The minimum Gasteiger partial charge on any atom is -0.494 e. The van der Waals surface area contributed by atoms with E-state index in [1.165, 1.54) is 17.1 Å². The van der Waals surface area contributed by atoms with Crippen LogP contribution >= 0.6 is 11.8 Å². The lowest BCUT2D eigenvalue weighted by Gasteiger charge is -2.34. The average Bonchev–Trinajstić information content (AvgIpc) is 3.33. The SMILES string of the molecule is CCOc1ccc(S(=O)(=O)N2CCN(C(=O)c3cccnc3SC3CCCC3)CC2)cc1. The first-order chi connectivity index (χ1) is 15.5. The van der Waals surface area contributed by atoms with Gasteiger partial charge in [0, 0.05) is 37.6 Å². The molecule has 9 heteroatoms. The van der Waals surface area contributed by atoms with Crippen molar-refractivity contribution in [2.75, 3.05) is 32.8 Å². The van der Waals surface area contributed by atoms with Crippen LogP contribution in [0.25, 0.3) is 0 Å². The summed E-state index contributed by atoms with van der Waals surface area (Å²) in [6.45, 7) is 3.67. The number of piperazine rings is 1. The first kappa shape index (κ1) is 23.1. The highest BCUT2D eigenvalue weighted by Crippen LogP contribution is 2.35. The zero-order valence-electron chi connectivity index (χ0n) is 18.3. The number of carbonyl (C=O) groups excluding carboxylic acids is 1. The Morgan fingerprint density at radius 3 is 2.44 bits per heavy atom. The maximum atomic E-state index is 13.2. The molecule has 1 aromatic carbocycles. The summed E-state index contributed by atoms with van der Waals surface area (Å²) in [6.07, 6.45) is 6.53. The Kier molecular flexibility index (Phi) is 7.37. The number of rotatable bonds is 7. The van der Waals surface area contributed by atoms with E-state index in [9.17, 15) is 13.2 Å². The standard InChI is InChI=1S/C23H29N3O4S2/c1-2-30-18-9-11-20(12-10-18)32(28,29)26-16-14-25(15-17-26)23(27)21-8-5-13-24-22(21)31-19-6-3-4-7-19/h5,8-13,19H,2-4,6-7,14-17H2,1H3. The molecule has 172 valence electrons. The van der Waals surface area contributed by atoms with Crippen LogP contribution < -0.4 is 4.74 Å². The smallest absolute Gasteiger partial charge is 0.256 e. The molecule has 4 rings (SSSR count). The predicted molar refractivity (Wildman–Crippen MR) is 125 cm³/mol. The molecule has 2 heterocycles. The summed E-state index contributed by atoms with van der Waals surface area (Å²) in [5.74, 6) is 0.571. The molecular weight excluding hydrogens is 446 g/mol. The van der Waals surface area contributed by atoms with Crippen LogP contribution in [0.15, 0.2) is 52.5 Å². The van der Waals surface area contributed by atoms with E-state index in [-0.39, 0.29) is 23.9 Å². The molecule has 2 fully saturated rings. The highest BCUT2D eigenvalue weighted by atomic mass is 32.2. The lowest BCUT2D eigenvalue weighted by atomic mass is 10.2. The molecule has 0 unspecified atom stereocenters. The maximum absolute atomic E-state index is 13.2. The Hall–Kier alpha value is -2.10. The molecule has 0 radical (unpaired) electrons. The van der Waals surface area contributed by atoms with E-state index < -0.39 is 10.0 Å². The molecular formula is C23H29N3O4S2. The molecule has 1 aliphatic heterocycles. The number of hydrogen-bond acceptors (Lipinski definition) is 6. The summed E-state index contributed by atoms with van der Waals surface area (Å²) in [5.41, 5.74) is 0.618. The monoisotopic (exact) mass is 475 g/mol. The van der Waals surface area contributed by atoms with Crippen LogP contribution in [-0.2, 0) is 10.0 Å². The highest BCUT2D eigenvalue weighted by molar-refractivity contribution is 8.00. The number of carbonyl (C=O) groups is 1. The molecule has 2 aromatic rings. The Morgan fingerprint density at radius 2 is 1.78 bits per heavy atom. The van der Waals surface area contributed by atoms with Crippen molar-refractivity contribution in [3.63, 3.8) is 0 Å². The summed E-state index contributed by atoms with van der Waals surface area (Å²) in [5, 5.41) is 1.31. The van der Waals surface area contributed by atoms with Crippen LogP contribution in [0.4, 0.5) is 0 Å². The van der Waals surface area contributed by atoms with Gasteiger partial charge >= 0.3 is 0 Å². The van der Waals surface area contributed by atoms with E-state index in [4.69, 9.17) is 4.74 Å². The molecule has 1 amide bonds. The van der Waals surface area contributed by atoms with Gasteiger partial charge in [-0.2, -0.15) is 4.31 Å². The fourth-order valence-electron chi connectivity index (χ4n) is 4.14. The number of sulfonamides is 1. The second-order valence-corrected chi connectivity index (χ2v) is 11.2. The molecule has 0 spiro atoms. The van der Waals surface area contributed by atoms with Gasteiger partial charge in [0.25, 0.3) is 5.91 Å². The number of nitrogens with zero attached hydrogens (tertiary/aromatic N) is 3. The Balaban J connectivity index is 1.41. The summed E-state index contributed by atoms with van der Waals surface area (Å²) >= 11 is 1.70. The second kappa shape index (κ2) is 10.2. The molecule has 1 aliphatic carbocycles. The normalized spacial score (nSPS) is 18.1. The number of pyridine rings is 1. The lowest BCUT2D eigenvalue weighted by Crippen LogP contribution is -2.50. The van der Waals surface area contributed by atoms with E-state index in [1.54, 1.807) is 53.2 Å². The van der Waals surface area contributed by atoms with Crippen LogP contribution in [0, 0.1) is 0 Å². The number of thioether (sulfide) groups is 1. The molecule has 0 bridgehead atoms. The highest BCUT2D eigenvalue weighted by Gasteiger charge is 2.31. The topological polar surface area (TPSA) is 79.8 Å². The van der Waals surface area contributed by atoms with E-state index in [0.717, 1.165) is 17.9 Å². The summed E-state index contributed by atoms with van der Waals surface area (Å²) in [4.78, 5) is 19.7. The van der Waals surface area contributed by atoms with Crippen molar-refractivity contribution in [1.82, 2.24) is 14.2 Å². The van der Waals surface area contributed by atoms with Crippen molar-refractivity contribution in [2.45, 2.75) is 47.8 Å². The molecule has 1 aromatic heterocycles. The van der Waals surface area contributed by atoms with Crippen LogP contribution in [-0.4, -0.2) is 66.5 Å². The first-order valence-corrected chi connectivity index (χ1v) is 13.4. The van der Waals surface area contributed by atoms with Gasteiger partial charge in [-0.25, -0.2) is 13.4 Å². The van der Waals surface area contributed by atoms with Crippen LogP contribution in [0.5, 0.6) is 5.75 Å². The van der Waals surface area contributed by atoms with Crippen LogP contribution in [0.1, 0.15) is 43.0 Å². The van der Waals surface area contributed by atoms with E-state index in [0.29, 0.717) is 36.3 Å². The van der Waals surface area contributed by atoms with Crippen molar-refractivity contribution >= 4 is 27.7 Å². The van der Waals surface area contributed by atoms with Crippen LogP contribution in [0.2, 0.25) is 0 Å². The van der Waals surface area contributed by atoms with Crippen molar-refractivity contribution in [3.05, 3.63) is 48.2 Å². The maximum Gasteiger partial charge on any atom is 0.256 e. The number of amides is 1. The Morgan fingerprint density at radius 1 is 1.09 bits per heavy atom. The zero-order valence-corrected chi connectivity index (χ0v) is 19.9. The van der Waals surface area contributed by atoms with Gasteiger partial charge in [0.2, 0.25) is 10.0 Å². The van der Waals surface area contributed by atoms with Gasteiger partial charge in [-0.3, -0.25) is 4.79 Å². The predicted octanol–water partition coefficient (Wildman–Crippen LogP) is 3.66. The molecule has 1 saturated carbocycles. The van der Waals surface area contributed by atoms with Crippen molar-refractivity contribution in [2.24, 2.45) is 0 Å². The molecule has 32 heavy (non-hydrogen) atoms. The van der Waals surface area contributed by atoms with Gasteiger partial charge in [-0.1, -0.05) is 12.8 Å². The lowest BCUT2D eigenvalue weighted by molar-refractivity contribution is 0.0693. The molecule has 2 aliphatic rings. The average molecular weight is 476 g/mol. The van der Waals surface area contributed by atoms with Crippen molar-refractivity contribution < 1.29 is 17.9 Å². The van der Waals surface area contributed by atoms with Crippen molar-refractivity contribution in [3.8, 4) is 5.75 Å². The van der Waals surface area contributed by atoms with Gasteiger partial charge in [0.1, 0.15) is 10.8 Å². The Labute approximate surface area is 194 Å². The summed E-state index contributed by atoms with van der Waals surface area (Å²) in [7, 11) is -3.61. The van der Waals surface area contributed by atoms with Crippen LogP contribution in [0.3, 0.4) is 0 Å². The third-order valence-electron chi connectivity index (χ3n) is 5.88. The molecule has 0 N–H and O–H groups in total.